The van der Waals surface area contributed by atoms with E-state index in [4.69, 9.17) is 9.47 Å². The van der Waals surface area contributed by atoms with Gasteiger partial charge in [0.15, 0.2) is 11.5 Å². The molecule has 2 N–H and O–H groups in total. The van der Waals surface area contributed by atoms with Crippen molar-refractivity contribution in [3.8, 4) is 17.2 Å². The number of para-hydroxylation sites is 2. The highest BCUT2D eigenvalue weighted by atomic mass is 16.6. The number of ether oxygens (including phenoxy) is 2. The van der Waals surface area contributed by atoms with Gasteiger partial charge >= 0.3 is 0 Å². The monoisotopic (exact) mass is 271 g/mol. The summed E-state index contributed by atoms with van der Waals surface area (Å²) in [4.78, 5) is 0. The van der Waals surface area contributed by atoms with Crippen LogP contribution in [0.5, 0.6) is 17.2 Å². The lowest BCUT2D eigenvalue weighted by Gasteiger charge is -2.26. The van der Waals surface area contributed by atoms with Crippen LogP contribution in [0.1, 0.15) is 5.56 Å². The summed E-state index contributed by atoms with van der Waals surface area (Å²) < 4.78 is 11.5. The molecule has 4 nitrogen and oxygen atoms in total. The predicted octanol–water partition coefficient (Wildman–Crippen LogP) is 2.32. The molecule has 0 spiro atoms. The molecule has 3 rings (SSSR count). The lowest BCUT2D eigenvalue weighted by atomic mass is 10.2. The Hall–Kier alpha value is -2.20. The van der Waals surface area contributed by atoms with Crippen molar-refractivity contribution in [3.63, 3.8) is 0 Å². The van der Waals surface area contributed by atoms with Gasteiger partial charge < -0.3 is 19.9 Å². The van der Waals surface area contributed by atoms with E-state index in [0.717, 1.165) is 17.1 Å². The van der Waals surface area contributed by atoms with Crippen molar-refractivity contribution in [2.45, 2.75) is 12.6 Å². The molecule has 4 heteroatoms. The van der Waals surface area contributed by atoms with Crippen LogP contribution in [-0.2, 0) is 6.54 Å². The van der Waals surface area contributed by atoms with Gasteiger partial charge in [0.2, 0.25) is 0 Å². The van der Waals surface area contributed by atoms with Gasteiger partial charge in [0.1, 0.15) is 18.5 Å². The van der Waals surface area contributed by atoms with E-state index in [0.29, 0.717) is 19.7 Å². The SMILES string of the molecule is Oc1cccc(CNCC2COc3ccccc3O2)c1. The fourth-order valence-electron chi connectivity index (χ4n) is 2.21. The molecular weight excluding hydrogens is 254 g/mol. The molecule has 0 radical (unpaired) electrons. The van der Waals surface area contributed by atoms with Gasteiger partial charge in [0.25, 0.3) is 0 Å². The first-order valence-electron chi connectivity index (χ1n) is 6.68. The molecule has 1 aliphatic rings. The largest absolute Gasteiger partial charge is 0.508 e. The Morgan fingerprint density at radius 3 is 2.80 bits per heavy atom. The standard InChI is InChI=1S/C16H17NO3/c18-13-5-3-4-12(8-13)9-17-10-14-11-19-15-6-1-2-7-16(15)20-14/h1-8,14,17-18H,9-11H2. The van der Waals surface area contributed by atoms with Crippen LogP contribution in [-0.4, -0.2) is 24.4 Å². The van der Waals surface area contributed by atoms with Crippen molar-refractivity contribution < 1.29 is 14.6 Å². The summed E-state index contributed by atoms with van der Waals surface area (Å²) in [5, 5.41) is 12.7. The third-order valence-electron chi connectivity index (χ3n) is 3.18. The molecule has 0 aromatic heterocycles. The summed E-state index contributed by atoms with van der Waals surface area (Å²) in [5.41, 5.74) is 1.04. The van der Waals surface area contributed by atoms with Gasteiger partial charge in [0.05, 0.1) is 0 Å². The Bertz CT molecular complexity index is 585. The minimum atomic E-state index is 0.00205. The number of phenols is 1. The van der Waals surface area contributed by atoms with Crippen molar-refractivity contribution in [1.29, 1.82) is 0 Å². The zero-order valence-electron chi connectivity index (χ0n) is 11.1. The van der Waals surface area contributed by atoms with Gasteiger partial charge in [0, 0.05) is 13.1 Å². The zero-order valence-corrected chi connectivity index (χ0v) is 11.1. The van der Waals surface area contributed by atoms with Gasteiger partial charge in [-0.3, -0.25) is 0 Å². The van der Waals surface area contributed by atoms with Crippen LogP contribution in [0.15, 0.2) is 48.5 Å². The van der Waals surface area contributed by atoms with E-state index in [-0.39, 0.29) is 11.9 Å². The Balaban J connectivity index is 1.51. The highest BCUT2D eigenvalue weighted by molar-refractivity contribution is 5.40. The van der Waals surface area contributed by atoms with Crippen molar-refractivity contribution in [3.05, 3.63) is 54.1 Å². The smallest absolute Gasteiger partial charge is 0.161 e. The number of benzene rings is 2. The van der Waals surface area contributed by atoms with E-state index in [1.54, 1.807) is 12.1 Å². The summed E-state index contributed by atoms with van der Waals surface area (Å²) in [6.45, 7) is 1.93. The molecule has 1 aliphatic heterocycles. The summed E-state index contributed by atoms with van der Waals surface area (Å²) in [7, 11) is 0. The van der Waals surface area contributed by atoms with Crippen molar-refractivity contribution in [2.24, 2.45) is 0 Å². The van der Waals surface area contributed by atoms with Crippen LogP contribution in [0, 0.1) is 0 Å². The minimum Gasteiger partial charge on any atom is -0.508 e. The zero-order chi connectivity index (χ0) is 13.8. The Labute approximate surface area is 118 Å². The molecule has 0 bridgehead atoms. The molecule has 0 fully saturated rings. The molecule has 0 aliphatic carbocycles. The van der Waals surface area contributed by atoms with E-state index in [2.05, 4.69) is 5.32 Å². The second kappa shape index (κ2) is 5.84. The maximum absolute atomic E-state index is 9.40. The van der Waals surface area contributed by atoms with Gasteiger partial charge in [-0.05, 0) is 29.8 Å². The number of fused-ring (bicyclic) bond motifs is 1. The van der Waals surface area contributed by atoms with Crippen LogP contribution in [0.4, 0.5) is 0 Å². The van der Waals surface area contributed by atoms with E-state index in [1.165, 1.54) is 0 Å². The number of aromatic hydroxyl groups is 1. The maximum Gasteiger partial charge on any atom is 0.161 e. The molecule has 1 heterocycles. The molecule has 20 heavy (non-hydrogen) atoms. The summed E-state index contributed by atoms with van der Waals surface area (Å²) in [6.07, 6.45) is 0.00205. The van der Waals surface area contributed by atoms with Crippen LogP contribution in [0.25, 0.3) is 0 Å². The molecule has 0 amide bonds. The van der Waals surface area contributed by atoms with Gasteiger partial charge in [-0.2, -0.15) is 0 Å². The molecular formula is C16H17NO3. The van der Waals surface area contributed by atoms with Gasteiger partial charge in [-0.25, -0.2) is 0 Å². The van der Waals surface area contributed by atoms with Gasteiger partial charge in [-0.1, -0.05) is 24.3 Å². The Morgan fingerprint density at radius 2 is 1.95 bits per heavy atom. The lowest BCUT2D eigenvalue weighted by Crippen LogP contribution is -2.38. The van der Waals surface area contributed by atoms with Crippen LogP contribution < -0.4 is 14.8 Å². The van der Waals surface area contributed by atoms with Crippen molar-refractivity contribution in [1.82, 2.24) is 5.32 Å². The molecule has 104 valence electrons. The first-order valence-corrected chi connectivity index (χ1v) is 6.68. The average molecular weight is 271 g/mol. The third kappa shape index (κ3) is 3.03. The van der Waals surface area contributed by atoms with Crippen LogP contribution in [0.2, 0.25) is 0 Å². The second-order valence-electron chi connectivity index (χ2n) is 4.80. The Morgan fingerprint density at radius 1 is 1.10 bits per heavy atom. The van der Waals surface area contributed by atoms with E-state index in [1.807, 2.05) is 36.4 Å². The number of hydrogen-bond donors (Lipinski definition) is 2. The number of rotatable bonds is 4. The maximum atomic E-state index is 9.40. The fourth-order valence-corrected chi connectivity index (χ4v) is 2.21. The average Bonchev–Trinajstić information content (AvgIpc) is 2.47. The van der Waals surface area contributed by atoms with Crippen LogP contribution in [0.3, 0.4) is 0 Å². The quantitative estimate of drug-likeness (QED) is 0.896. The topological polar surface area (TPSA) is 50.7 Å². The summed E-state index contributed by atoms with van der Waals surface area (Å²) >= 11 is 0. The molecule has 1 atom stereocenters. The van der Waals surface area contributed by atoms with E-state index in [9.17, 15) is 5.11 Å². The molecule has 0 saturated carbocycles. The minimum absolute atomic E-state index is 0.00205. The first kappa shape index (κ1) is 12.8. The summed E-state index contributed by atoms with van der Waals surface area (Å²) in [6, 6.07) is 14.9. The second-order valence-corrected chi connectivity index (χ2v) is 4.80. The highest BCUT2D eigenvalue weighted by Crippen LogP contribution is 2.30. The first-order chi connectivity index (χ1) is 9.81. The fraction of sp³-hybridized carbons (Fsp3) is 0.250. The van der Waals surface area contributed by atoms with Crippen molar-refractivity contribution >= 4 is 0 Å². The Kier molecular flexibility index (Phi) is 3.74. The third-order valence-corrected chi connectivity index (χ3v) is 3.18. The molecule has 2 aromatic carbocycles. The molecule has 0 saturated heterocycles. The number of hydrogen-bond acceptors (Lipinski definition) is 4. The van der Waals surface area contributed by atoms with E-state index >= 15 is 0 Å². The molecule has 1 unspecified atom stereocenters. The van der Waals surface area contributed by atoms with Gasteiger partial charge in [-0.15, -0.1) is 0 Å². The van der Waals surface area contributed by atoms with Crippen LogP contribution >= 0.6 is 0 Å². The van der Waals surface area contributed by atoms with Crippen molar-refractivity contribution in [2.75, 3.05) is 13.2 Å². The van der Waals surface area contributed by atoms with E-state index < -0.39 is 0 Å². The number of phenolic OH excluding ortho intramolecular Hbond substituents is 1. The predicted molar refractivity (Wildman–Crippen MR) is 76.2 cm³/mol. The summed E-state index contributed by atoms with van der Waals surface area (Å²) in [5.74, 6) is 1.88. The number of nitrogens with one attached hydrogen (secondary N) is 1. The lowest BCUT2D eigenvalue weighted by molar-refractivity contribution is 0.0902. The normalized spacial score (nSPS) is 16.9. The molecule has 2 aromatic rings. The highest BCUT2D eigenvalue weighted by Gasteiger charge is 2.19.